The highest BCUT2D eigenvalue weighted by molar-refractivity contribution is 8.26. The summed E-state index contributed by atoms with van der Waals surface area (Å²) >= 11 is 6.12. The molecule has 2 aromatic heterocycles. The molecule has 0 aliphatic carbocycles. The summed E-state index contributed by atoms with van der Waals surface area (Å²) in [6, 6.07) is 6.10. The van der Waals surface area contributed by atoms with Crippen molar-refractivity contribution in [1.82, 2.24) is 10.3 Å². The smallest absolute Gasteiger partial charge is 0.263 e. The Balaban J connectivity index is 1.89. The second kappa shape index (κ2) is 4.89. The molecule has 0 saturated carbocycles. The summed E-state index contributed by atoms with van der Waals surface area (Å²) in [6.45, 7) is 0. The largest absolute Gasteiger partial charge is 0.456 e. The number of amides is 1. The van der Waals surface area contributed by atoms with Crippen molar-refractivity contribution in [3.8, 4) is 0 Å². The Morgan fingerprint density at radius 3 is 3.00 bits per heavy atom. The average molecular weight is 330 g/mol. The SMILES string of the molecule is O=C1NC(=S)S/C1=C\c1cc2cnc3ccc(F)cc3c2o1. The molecule has 0 spiro atoms. The summed E-state index contributed by atoms with van der Waals surface area (Å²) < 4.78 is 19.6. The van der Waals surface area contributed by atoms with E-state index in [9.17, 15) is 9.18 Å². The van der Waals surface area contributed by atoms with Gasteiger partial charge in [0.1, 0.15) is 21.5 Å². The molecule has 7 heteroatoms. The maximum Gasteiger partial charge on any atom is 0.263 e. The van der Waals surface area contributed by atoms with E-state index >= 15 is 0 Å². The van der Waals surface area contributed by atoms with Crippen molar-refractivity contribution in [2.75, 3.05) is 0 Å². The number of nitrogens with zero attached hydrogens (tertiary/aromatic N) is 1. The van der Waals surface area contributed by atoms with Crippen LogP contribution in [0, 0.1) is 5.82 Å². The van der Waals surface area contributed by atoms with E-state index in [1.54, 1.807) is 24.4 Å². The van der Waals surface area contributed by atoms with E-state index in [0.29, 0.717) is 31.5 Å². The summed E-state index contributed by atoms with van der Waals surface area (Å²) in [4.78, 5) is 16.4. The van der Waals surface area contributed by atoms with E-state index in [0.717, 1.165) is 5.39 Å². The number of furan rings is 1. The molecule has 1 amide bonds. The van der Waals surface area contributed by atoms with Crippen molar-refractivity contribution in [3.63, 3.8) is 0 Å². The summed E-state index contributed by atoms with van der Waals surface area (Å²) in [5.74, 6) is -0.102. The van der Waals surface area contributed by atoms with Gasteiger partial charge < -0.3 is 9.73 Å². The van der Waals surface area contributed by atoms with Gasteiger partial charge in [0.15, 0.2) is 0 Å². The van der Waals surface area contributed by atoms with Crippen LogP contribution in [0.3, 0.4) is 0 Å². The van der Waals surface area contributed by atoms with Gasteiger partial charge in [0, 0.05) is 23.0 Å². The van der Waals surface area contributed by atoms with Crippen LogP contribution in [0.5, 0.6) is 0 Å². The topological polar surface area (TPSA) is 55.1 Å². The monoisotopic (exact) mass is 330 g/mol. The molecule has 0 atom stereocenters. The van der Waals surface area contributed by atoms with Crippen molar-refractivity contribution < 1.29 is 13.6 Å². The minimum atomic E-state index is -0.353. The number of thioether (sulfide) groups is 1. The minimum Gasteiger partial charge on any atom is -0.456 e. The first-order chi connectivity index (χ1) is 10.6. The Hall–Kier alpha value is -2.25. The third-order valence-electron chi connectivity index (χ3n) is 3.24. The number of hydrogen-bond donors (Lipinski definition) is 1. The van der Waals surface area contributed by atoms with E-state index in [1.807, 2.05) is 0 Å². The third-order valence-corrected chi connectivity index (χ3v) is 4.40. The fourth-order valence-corrected chi connectivity index (χ4v) is 3.32. The van der Waals surface area contributed by atoms with Crippen molar-refractivity contribution in [3.05, 3.63) is 46.9 Å². The van der Waals surface area contributed by atoms with Gasteiger partial charge >= 0.3 is 0 Å². The zero-order valence-electron chi connectivity index (χ0n) is 10.9. The van der Waals surface area contributed by atoms with E-state index < -0.39 is 0 Å². The second-order valence-electron chi connectivity index (χ2n) is 4.71. The van der Waals surface area contributed by atoms with Crippen LogP contribution >= 0.6 is 24.0 Å². The van der Waals surface area contributed by atoms with Crippen LogP contribution in [0.2, 0.25) is 0 Å². The minimum absolute atomic E-state index is 0.246. The van der Waals surface area contributed by atoms with Crippen molar-refractivity contribution in [2.24, 2.45) is 0 Å². The first-order valence-electron chi connectivity index (χ1n) is 6.33. The highest BCUT2D eigenvalue weighted by atomic mass is 32.2. The van der Waals surface area contributed by atoms with Crippen molar-refractivity contribution >= 4 is 62.2 Å². The number of nitrogens with one attached hydrogen (secondary N) is 1. The molecule has 0 unspecified atom stereocenters. The molecule has 1 saturated heterocycles. The highest BCUT2D eigenvalue weighted by Gasteiger charge is 2.22. The van der Waals surface area contributed by atoms with Gasteiger partial charge in [0.25, 0.3) is 5.91 Å². The molecular formula is C15H7FN2O2S2. The van der Waals surface area contributed by atoms with E-state index in [2.05, 4.69) is 10.3 Å². The molecule has 22 heavy (non-hydrogen) atoms. The molecule has 1 N–H and O–H groups in total. The lowest BCUT2D eigenvalue weighted by molar-refractivity contribution is -0.115. The number of carbonyl (C=O) groups is 1. The average Bonchev–Trinajstić information content (AvgIpc) is 3.02. The number of hydrogen-bond acceptors (Lipinski definition) is 5. The van der Waals surface area contributed by atoms with Gasteiger partial charge in [-0.2, -0.15) is 0 Å². The Labute approximate surface area is 133 Å². The fourth-order valence-electron chi connectivity index (χ4n) is 2.29. The van der Waals surface area contributed by atoms with Crippen LogP contribution < -0.4 is 5.32 Å². The van der Waals surface area contributed by atoms with E-state index in [4.69, 9.17) is 16.6 Å². The molecule has 0 radical (unpaired) electrons. The number of pyridine rings is 1. The zero-order valence-corrected chi connectivity index (χ0v) is 12.6. The van der Waals surface area contributed by atoms with Gasteiger partial charge in [0.05, 0.1) is 10.4 Å². The Kier molecular flexibility index (Phi) is 2.98. The molecule has 3 heterocycles. The predicted molar refractivity (Wildman–Crippen MR) is 87.8 cm³/mol. The Bertz CT molecular complexity index is 994. The summed E-state index contributed by atoms with van der Waals surface area (Å²) in [5, 5.41) is 3.89. The normalized spacial score (nSPS) is 16.9. The fraction of sp³-hybridized carbons (Fsp3) is 0. The lowest BCUT2D eigenvalue weighted by atomic mass is 10.2. The van der Waals surface area contributed by atoms with Crippen LogP contribution in [0.4, 0.5) is 4.39 Å². The summed E-state index contributed by atoms with van der Waals surface area (Å²) in [5.41, 5.74) is 1.19. The van der Waals surface area contributed by atoms with Crippen LogP contribution in [0.15, 0.2) is 39.8 Å². The maximum atomic E-state index is 13.4. The molecule has 4 rings (SSSR count). The van der Waals surface area contributed by atoms with Crippen LogP contribution in [0.1, 0.15) is 5.76 Å². The van der Waals surface area contributed by atoms with E-state index in [1.165, 1.54) is 23.9 Å². The number of rotatable bonds is 1. The molecule has 1 aliphatic rings. The van der Waals surface area contributed by atoms with Gasteiger partial charge in [-0.15, -0.1) is 0 Å². The molecule has 3 aromatic rings. The van der Waals surface area contributed by atoms with Crippen LogP contribution in [-0.4, -0.2) is 15.2 Å². The third kappa shape index (κ3) is 2.18. The number of aromatic nitrogens is 1. The second-order valence-corrected chi connectivity index (χ2v) is 6.42. The molecule has 4 nitrogen and oxygen atoms in total. The molecule has 108 valence electrons. The standard InChI is InChI=1S/C15H7FN2O2S2/c16-8-1-2-11-10(4-8)13-7(6-17-11)3-9(20-13)5-12-14(19)18-15(21)22-12/h1-6H,(H,18,19,21)/b12-5-. The van der Waals surface area contributed by atoms with Crippen LogP contribution in [0.25, 0.3) is 27.9 Å². The first-order valence-corrected chi connectivity index (χ1v) is 7.55. The molecule has 1 aliphatic heterocycles. The van der Waals surface area contributed by atoms with Gasteiger partial charge in [-0.25, -0.2) is 4.39 Å². The van der Waals surface area contributed by atoms with Gasteiger partial charge in [-0.05, 0) is 24.3 Å². The number of carbonyl (C=O) groups excluding carboxylic acids is 1. The molecular weight excluding hydrogens is 323 g/mol. The molecule has 1 aromatic carbocycles. The zero-order chi connectivity index (χ0) is 15.3. The summed E-state index contributed by atoms with van der Waals surface area (Å²) in [7, 11) is 0. The van der Waals surface area contributed by atoms with Gasteiger partial charge in [-0.1, -0.05) is 24.0 Å². The first kappa shape index (κ1) is 13.4. The molecule has 0 bridgehead atoms. The summed E-state index contributed by atoms with van der Waals surface area (Å²) in [6.07, 6.45) is 3.28. The predicted octanol–water partition coefficient (Wildman–Crippen LogP) is 3.61. The van der Waals surface area contributed by atoms with Crippen LogP contribution in [-0.2, 0) is 4.79 Å². The quantitative estimate of drug-likeness (QED) is 0.546. The lowest BCUT2D eigenvalue weighted by Gasteiger charge is -1.97. The number of thiocarbonyl (C=S) groups is 1. The van der Waals surface area contributed by atoms with E-state index in [-0.39, 0.29) is 11.7 Å². The van der Waals surface area contributed by atoms with Crippen molar-refractivity contribution in [1.29, 1.82) is 0 Å². The Morgan fingerprint density at radius 1 is 1.36 bits per heavy atom. The number of fused-ring (bicyclic) bond motifs is 3. The lowest BCUT2D eigenvalue weighted by Crippen LogP contribution is -2.17. The molecule has 1 fully saturated rings. The highest BCUT2D eigenvalue weighted by Crippen LogP contribution is 2.31. The number of benzene rings is 1. The Morgan fingerprint density at radius 2 is 2.23 bits per heavy atom. The van der Waals surface area contributed by atoms with Gasteiger partial charge in [0.2, 0.25) is 0 Å². The maximum absolute atomic E-state index is 13.4. The number of halogens is 1. The van der Waals surface area contributed by atoms with Gasteiger partial charge in [-0.3, -0.25) is 9.78 Å². The van der Waals surface area contributed by atoms with Crippen molar-refractivity contribution in [2.45, 2.75) is 0 Å².